The van der Waals surface area contributed by atoms with E-state index in [4.69, 9.17) is 27.1 Å². The first-order chi connectivity index (χ1) is 42.0. The minimum atomic E-state index is -4.82. The molecule has 0 bridgehead atoms. The zero-order chi connectivity index (χ0) is 61.2. The minimum Gasteiger partial charge on any atom is -0.452 e. The first-order valence-electron chi connectivity index (χ1n) is 26.3. The molecule has 87 heavy (non-hydrogen) atoms. The molecule has 2 aliphatic heterocycles. The Morgan fingerprint density at radius 1 is 0.517 bits per heavy atom. The number of halogens is 7. The van der Waals surface area contributed by atoms with Crippen molar-refractivity contribution >= 4 is 46.2 Å². The summed E-state index contributed by atoms with van der Waals surface area (Å²) in [6.07, 6.45) is -5.22. The third-order valence-corrected chi connectivity index (χ3v) is 13.5. The topological polar surface area (TPSA) is 240 Å². The van der Waals surface area contributed by atoms with Crippen LogP contribution in [0, 0.1) is 0 Å². The van der Waals surface area contributed by atoms with Gasteiger partial charge in [-0.2, -0.15) is 3.89 Å². The molecular formula is C57H49F7N12O10S. The number of rotatable bonds is 14. The van der Waals surface area contributed by atoms with E-state index in [0.717, 1.165) is 35.4 Å². The molecule has 8 heterocycles. The average molecular weight is 1230 g/mol. The van der Waals surface area contributed by atoms with Crippen LogP contribution >= 0.6 is 12.1 Å². The third-order valence-electron chi connectivity index (χ3n) is 13.5. The molecule has 452 valence electrons. The fourth-order valence-electron chi connectivity index (χ4n) is 9.62. The third kappa shape index (κ3) is 14.9. The van der Waals surface area contributed by atoms with Gasteiger partial charge in [0.15, 0.2) is 11.2 Å². The summed E-state index contributed by atoms with van der Waals surface area (Å²) in [6.45, 7) is 3.81. The van der Waals surface area contributed by atoms with Gasteiger partial charge in [-0.3, -0.25) is 29.4 Å². The highest BCUT2D eigenvalue weighted by Gasteiger charge is 2.36. The zero-order valence-corrected chi connectivity index (χ0v) is 46.8. The second-order valence-corrected chi connectivity index (χ2v) is 19.2. The van der Waals surface area contributed by atoms with Gasteiger partial charge in [-0.15, -0.1) is 36.5 Å². The Morgan fingerprint density at radius 3 is 1.24 bits per heavy atom. The number of methoxy groups -OCH3 is 2. The van der Waals surface area contributed by atoms with E-state index in [1.165, 1.54) is 45.0 Å². The van der Waals surface area contributed by atoms with Crippen molar-refractivity contribution in [3.05, 3.63) is 168 Å². The number of oxazole rings is 2. The first-order valence-corrected chi connectivity index (χ1v) is 27.4. The molecule has 2 aliphatic rings. The van der Waals surface area contributed by atoms with Crippen molar-refractivity contribution in [1.82, 2.24) is 59.9 Å². The van der Waals surface area contributed by atoms with E-state index in [2.05, 4.69) is 59.6 Å². The number of alkyl halides is 6. The molecule has 2 amide bonds. The molecule has 2 fully saturated rings. The fraction of sp³-hybridized carbons (Fsp3) is 0.263. The predicted molar refractivity (Wildman–Crippen MR) is 296 cm³/mol. The number of fused-ring (bicyclic) bond motifs is 2. The molecule has 0 radical (unpaired) electrons. The number of amides is 2. The van der Waals surface area contributed by atoms with Crippen molar-refractivity contribution in [3.8, 4) is 46.6 Å². The lowest BCUT2D eigenvalue weighted by Gasteiger charge is -2.38. The number of pyridine rings is 2. The van der Waals surface area contributed by atoms with Gasteiger partial charge in [0.05, 0.1) is 14.2 Å². The normalized spacial score (nSPS) is 14.8. The van der Waals surface area contributed by atoms with E-state index < -0.39 is 24.2 Å². The van der Waals surface area contributed by atoms with Crippen LogP contribution in [0.25, 0.3) is 45.1 Å². The lowest BCUT2D eigenvalue weighted by atomic mass is 10.0. The smallest absolute Gasteiger partial charge is 0.452 e. The Bertz CT molecular complexity index is 3680. The quantitative estimate of drug-likeness (QED) is 0.0919. The molecule has 12 rings (SSSR count). The molecule has 0 aliphatic carbocycles. The second-order valence-electron chi connectivity index (χ2n) is 18.9. The highest BCUT2D eigenvalue weighted by Crippen LogP contribution is 2.35. The van der Waals surface area contributed by atoms with Gasteiger partial charge in [0.2, 0.25) is 23.6 Å². The Morgan fingerprint density at radius 2 is 0.897 bits per heavy atom. The maximum atomic E-state index is 13.4. The van der Waals surface area contributed by atoms with E-state index in [0.29, 0.717) is 75.3 Å². The first kappa shape index (κ1) is 60.4. The van der Waals surface area contributed by atoms with E-state index in [1.54, 1.807) is 34.1 Å². The maximum absolute atomic E-state index is 13.4. The Kier molecular flexibility index (Phi) is 18.6. The highest BCUT2D eigenvalue weighted by molar-refractivity contribution is 7.93. The van der Waals surface area contributed by atoms with Gasteiger partial charge in [0.1, 0.15) is 46.0 Å². The standard InChI is InChI=1S/2C28H23F3N6O5.CH3FS/c2*1-39-27-35-34-25(41-27)23(17-5-3-2-4-6-17)36-11-13-37(14-12-36)26(38)21-15-18(9-10-32-21)24-33-20-16-19(42-28(29,30)31)7-8-22(20)40-24;1-3-2/h2*2-10,15-16,23H,11-14H2,1H3;1H3/t23-;;/m1../s1. The molecule has 10 aromatic rings. The number of aromatic nitrogens is 8. The van der Waals surface area contributed by atoms with Gasteiger partial charge < -0.3 is 46.4 Å². The molecule has 22 nitrogen and oxygen atoms in total. The van der Waals surface area contributed by atoms with Crippen molar-refractivity contribution in [2.45, 2.75) is 24.8 Å². The number of hydrogen-bond acceptors (Lipinski definition) is 21. The van der Waals surface area contributed by atoms with Crippen LogP contribution in [-0.2, 0) is 0 Å². The van der Waals surface area contributed by atoms with E-state index in [-0.39, 0.29) is 93.6 Å². The van der Waals surface area contributed by atoms with Crippen LogP contribution in [-0.4, -0.2) is 157 Å². The monoisotopic (exact) mass is 1230 g/mol. The predicted octanol–water partition coefficient (Wildman–Crippen LogP) is 10.7. The lowest BCUT2D eigenvalue weighted by Crippen LogP contribution is -2.50. The minimum absolute atomic E-state index is 0.0692. The average Bonchev–Trinajstić information content (AvgIpc) is 2.78. The molecule has 6 aromatic heterocycles. The SMILES string of the molecule is COc1nnc(C(c2ccccc2)N2CCN(C(=O)c3cc(-c4nc5cc(OC(F)(F)F)ccc5o4)ccn3)CC2)o1.COc1nnc([C@@H](c2ccccc2)N2CCN(C(=O)c3cc(-c4nc5cc(OC(F)(F)F)ccc5o4)ccn3)CC2)o1.CSF. The summed E-state index contributed by atoms with van der Waals surface area (Å²) >= 11 is 0.250. The Balaban J connectivity index is 0.000000184. The van der Waals surface area contributed by atoms with E-state index in [9.17, 15) is 39.8 Å². The summed E-state index contributed by atoms with van der Waals surface area (Å²) in [5.41, 5.74) is 4.11. The molecule has 2 saturated heterocycles. The number of carbonyl (C=O) groups excluding carboxylic acids is 2. The van der Waals surface area contributed by atoms with Crippen LogP contribution in [0.3, 0.4) is 0 Å². The summed E-state index contributed by atoms with van der Waals surface area (Å²) in [7, 11) is 2.91. The van der Waals surface area contributed by atoms with Gasteiger partial charge in [-0.05, 0) is 59.7 Å². The molecule has 30 heteroatoms. The summed E-state index contributed by atoms with van der Waals surface area (Å²) in [5.74, 6) is -0.314. The molecule has 0 spiro atoms. The van der Waals surface area contributed by atoms with Crippen LogP contribution in [0.1, 0.15) is 56.0 Å². The van der Waals surface area contributed by atoms with Crippen LogP contribution in [0.15, 0.2) is 151 Å². The largest absolute Gasteiger partial charge is 0.573 e. The number of piperazine rings is 2. The highest BCUT2D eigenvalue weighted by atomic mass is 32.2. The second kappa shape index (κ2) is 26.7. The van der Waals surface area contributed by atoms with Crippen LogP contribution in [0.2, 0.25) is 0 Å². The Hall–Kier alpha value is -9.68. The fourth-order valence-corrected chi connectivity index (χ4v) is 9.62. The molecular weight excluding hydrogens is 1180 g/mol. The molecule has 4 aromatic carbocycles. The van der Waals surface area contributed by atoms with Crippen molar-refractivity contribution < 1.29 is 76.4 Å². The van der Waals surface area contributed by atoms with Gasteiger partial charge >= 0.3 is 24.9 Å². The van der Waals surface area contributed by atoms with Crippen LogP contribution in [0.4, 0.5) is 30.2 Å². The van der Waals surface area contributed by atoms with E-state index in [1.807, 2.05) is 60.7 Å². The van der Waals surface area contributed by atoms with Crippen LogP contribution in [0.5, 0.6) is 23.7 Å². The summed E-state index contributed by atoms with van der Waals surface area (Å²) in [5, 5.41) is 16.2. The van der Waals surface area contributed by atoms with Crippen LogP contribution < -0.4 is 18.9 Å². The number of nitrogens with zero attached hydrogens (tertiary/aromatic N) is 12. The zero-order valence-electron chi connectivity index (χ0n) is 46.0. The summed E-state index contributed by atoms with van der Waals surface area (Å²) < 4.78 is 127. The van der Waals surface area contributed by atoms with Gasteiger partial charge in [0, 0.05) is 106 Å². The maximum Gasteiger partial charge on any atom is 0.573 e. The van der Waals surface area contributed by atoms with Crippen molar-refractivity contribution in [3.63, 3.8) is 0 Å². The Labute approximate surface area is 493 Å². The van der Waals surface area contributed by atoms with Crippen molar-refractivity contribution in [2.75, 3.05) is 72.8 Å². The van der Waals surface area contributed by atoms with E-state index >= 15 is 0 Å². The van der Waals surface area contributed by atoms with Gasteiger partial charge in [-0.1, -0.05) is 70.9 Å². The van der Waals surface area contributed by atoms with Gasteiger partial charge in [0.25, 0.3) is 11.8 Å². The summed E-state index contributed by atoms with van der Waals surface area (Å²) in [4.78, 5) is 51.6. The summed E-state index contributed by atoms with van der Waals surface area (Å²) in [6, 6.07) is 32.4. The van der Waals surface area contributed by atoms with Gasteiger partial charge in [-0.25, -0.2) is 9.97 Å². The molecule has 0 N–H and O–H groups in total. The lowest BCUT2D eigenvalue weighted by molar-refractivity contribution is -0.275. The number of ether oxygens (including phenoxy) is 4. The molecule has 1 unspecified atom stereocenters. The van der Waals surface area contributed by atoms with Crippen molar-refractivity contribution in [2.24, 2.45) is 0 Å². The number of carbonyl (C=O) groups is 2. The molecule has 2 atom stereocenters. The number of benzene rings is 4. The number of hydrogen-bond donors (Lipinski definition) is 0. The molecule has 0 saturated carbocycles. The van der Waals surface area contributed by atoms with Crippen molar-refractivity contribution in [1.29, 1.82) is 0 Å².